The molecule has 0 unspecified atom stereocenters. The fourth-order valence-corrected chi connectivity index (χ4v) is 3.34. The molecule has 0 amide bonds. The summed E-state index contributed by atoms with van der Waals surface area (Å²) in [5, 5.41) is 0.991. The summed E-state index contributed by atoms with van der Waals surface area (Å²) >= 11 is 6.05. The molecule has 0 fully saturated rings. The van der Waals surface area contributed by atoms with E-state index in [4.69, 9.17) is 20.4 Å². The summed E-state index contributed by atoms with van der Waals surface area (Å²) in [7, 11) is 0. The van der Waals surface area contributed by atoms with Crippen molar-refractivity contribution in [3.8, 4) is 0 Å². The molecule has 142 valence electrons. The Morgan fingerprint density at radius 2 is 1.96 bits per heavy atom. The van der Waals surface area contributed by atoms with Gasteiger partial charge in [-0.05, 0) is 49.4 Å². The number of fused-ring (bicyclic) bond motifs is 1. The van der Waals surface area contributed by atoms with E-state index in [9.17, 15) is 4.79 Å². The van der Waals surface area contributed by atoms with Crippen molar-refractivity contribution < 1.29 is 8.83 Å². The van der Waals surface area contributed by atoms with E-state index in [1.54, 1.807) is 24.4 Å². The van der Waals surface area contributed by atoms with Gasteiger partial charge < -0.3 is 8.83 Å². The number of furan rings is 1. The van der Waals surface area contributed by atoms with Crippen LogP contribution in [0, 0.1) is 6.92 Å². The average Bonchev–Trinajstić information content (AvgIpc) is 3.10. The Bertz CT molecular complexity index is 1150. The topological polar surface area (TPSA) is 59.5 Å². The molecule has 0 aliphatic heterocycles. The van der Waals surface area contributed by atoms with E-state index in [-0.39, 0.29) is 5.43 Å². The highest BCUT2D eigenvalue weighted by Crippen LogP contribution is 2.19. The fourth-order valence-electron chi connectivity index (χ4n) is 3.17. The highest BCUT2D eigenvalue weighted by Gasteiger charge is 2.15. The van der Waals surface area contributed by atoms with Crippen molar-refractivity contribution in [1.29, 1.82) is 0 Å². The minimum Gasteiger partial charge on any atom is -0.465 e. The van der Waals surface area contributed by atoms with Crippen LogP contribution in [0.5, 0.6) is 0 Å². The van der Waals surface area contributed by atoms with Gasteiger partial charge in [-0.15, -0.1) is 0 Å². The predicted octanol–water partition coefficient (Wildman–Crippen LogP) is 4.95. The number of pyridine rings is 1. The summed E-state index contributed by atoms with van der Waals surface area (Å²) in [6.45, 7) is 3.44. The average molecular weight is 395 g/mol. The lowest BCUT2D eigenvalue weighted by molar-refractivity contribution is 0.221. The summed E-state index contributed by atoms with van der Waals surface area (Å²) in [6.07, 6.45) is 3.29. The van der Waals surface area contributed by atoms with Crippen LogP contribution in [-0.2, 0) is 19.6 Å². The minimum absolute atomic E-state index is 0.0783. The molecule has 3 aromatic heterocycles. The molecule has 4 aromatic rings. The molecule has 0 N–H and O–H groups in total. The Labute approximate surface area is 167 Å². The Kier molecular flexibility index (Phi) is 5.28. The smallest absolute Gasteiger partial charge is 0.197 e. The molecule has 0 aliphatic carbocycles. The van der Waals surface area contributed by atoms with E-state index in [1.165, 1.54) is 6.26 Å². The minimum atomic E-state index is -0.0783. The molecule has 4 rings (SSSR count). The van der Waals surface area contributed by atoms with Crippen LogP contribution < -0.4 is 5.43 Å². The molecule has 28 heavy (non-hydrogen) atoms. The second-order valence-electron chi connectivity index (χ2n) is 6.71. The van der Waals surface area contributed by atoms with Crippen LogP contribution in [-0.4, -0.2) is 9.88 Å². The second-order valence-corrected chi connectivity index (χ2v) is 7.15. The SMILES string of the molecule is Cc1ccc(CN(Cc2ccccn2)Cc2coc3ccc(Cl)cc3c2=O)o1. The molecule has 3 heterocycles. The Morgan fingerprint density at radius 1 is 1.07 bits per heavy atom. The molecule has 1 aromatic carbocycles. The van der Waals surface area contributed by atoms with Gasteiger partial charge in [-0.2, -0.15) is 0 Å². The van der Waals surface area contributed by atoms with Crippen LogP contribution >= 0.6 is 11.6 Å². The molecule has 0 saturated heterocycles. The van der Waals surface area contributed by atoms with Gasteiger partial charge in [0.2, 0.25) is 0 Å². The van der Waals surface area contributed by atoms with E-state index >= 15 is 0 Å². The Morgan fingerprint density at radius 3 is 2.71 bits per heavy atom. The van der Waals surface area contributed by atoms with E-state index < -0.39 is 0 Å². The normalized spacial score (nSPS) is 11.4. The number of hydrogen-bond acceptors (Lipinski definition) is 5. The lowest BCUT2D eigenvalue weighted by Gasteiger charge is -2.20. The van der Waals surface area contributed by atoms with E-state index in [0.717, 1.165) is 17.2 Å². The third-order valence-electron chi connectivity index (χ3n) is 4.49. The number of halogens is 1. The van der Waals surface area contributed by atoms with Gasteiger partial charge in [-0.25, -0.2) is 0 Å². The monoisotopic (exact) mass is 394 g/mol. The maximum absolute atomic E-state index is 12.9. The quantitative estimate of drug-likeness (QED) is 0.463. The summed E-state index contributed by atoms with van der Waals surface area (Å²) in [6, 6.07) is 14.7. The number of aryl methyl sites for hydroxylation is 1. The Hall–Kier alpha value is -2.89. The second kappa shape index (κ2) is 8.00. The standard InChI is InChI=1S/C22H19ClN2O3/c1-15-5-7-19(28-15)13-25(12-18-4-2-3-9-24-18)11-16-14-27-21-8-6-17(23)10-20(21)22(16)26/h2-10,14H,11-13H2,1H3. The zero-order valence-corrected chi connectivity index (χ0v) is 16.1. The number of nitrogens with zero attached hydrogens (tertiary/aromatic N) is 2. The highest BCUT2D eigenvalue weighted by molar-refractivity contribution is 6.31. The summed E-state index contributed by atoms with van der Waals surface area (Å²) < 4.78 is 11.4. The molecule has 0 bridgehead atoms. The van der Waals surface area contributed by atoms with Gasteiger partial charge in [-0.1, -0.05) is 17.7 Å². The summed E-state index contributed by atoms with van der Waals surface area (Å²) in [5.74, 6) is 1.69. The van der Waals surface area contributed by atoms with Crippen LogP contribution in [0.1, 0.15) is 22.8 Å². The molecular weight excluding hydrogens is 376 g/mol. The lowest BCUT2D eigenvalue weighted by atomic mass is 10.1. The zero-order valence-electron chi connectivity index (χ0n) is 15.4. The number of rotatable bonds is 6. The van der Waals surface area contributed by atoms with Crippen molar-refractivity contribution in [3.63, 3.8) is 0 Å². The maximum atomic E-state index is 12.9. The fraction of sp³-hybridized carbons (Fsp3) is 0.182. The predicted molar refractivity (Wildman–Crippen MR) is 108 cm³/mol. The van der Waals surface area contributed by atoms with E-state index in [2.05, 4.69) is 9.88 Å². The van der Waals surface area contributed by atoms with Crippen molar-refractivity contribution in [2.24, 2.45) is 0 Å². The zero-order chi connectivity index (χ0) is 19.5. The molecule has 5 nitrogen and oxygen atoms in total. The molecule has 0 atom stereocenters. The van der Waals surface area contributed by atoms with Crippen molar-refractivity contribution >= 4 is 22.6 Å². The van der Waals surface area contributed by atoms with Gasteiger partial charge >= 0.3 is 0 Å². The summed E-state index contributed by atoms with van der Waals surface area (Å²) in [4.78, 5) is 19.4. The van der Waals surface area contributed by atoms with E-state index in [1.807, 2.05) is 37.3 Å². The van der Waals surface area contributed by atoms with Crippen LogP contribution in [0.15, 0.2) is 74.6 Å². The number of hydrogen-bond donors (Lipinski definition) is 0. The largest absolute Gasteiger partial charge is 0.465 e. The van der Waals surface area contributed by atoms with Gasteiger partial charge in [0.1, 0.15) is 17.1 Å². The van der Waals surface area contributed by atoms with Crippen molar-refractivity contribution in [3.05, 3.63) is 99.0 Å². The first kappa shape index (κ1) is 18.5. The van der Waals surface area contributed by atoms with Gasteiger partial charge in [0, 0.05) is 29.9 Å². The molecule has 0 aliphatic rings. The van der Waals surface area contributed by atoms with Crippen molar-refractivity contribution in [2.75, 3.05) is 0 Å². The molecule has 6 heteroatoms. The number of benzene rings is 1. The third kappa shape index (κ3) is 4.16. The third-order valence-corrected chi connectivity index (χ3v) is 4.72. The molecular formula is C22H19ClN2O3. The lowest BCUT2D eigenvalue weighted by Crippen LogP contribution is -2.26. The molecule has 0 saturated carbocycles. The van der Waals surface area contributed by atoms with Crippen LogP contribution in [0.4, 0.5) is 0 Å². The van der Waals surface area contributed by atoms with Crippen LogP contribution in [0.25, 0.3) is 11.0 Å². The van der Waals surface area contributed by atoms with Gasteiger partial charge in [0.25, 0.3) is 0 Å². The van der Waals surface area contributed by atoms with Crippen LogP contribution in [0.3, 0.4) is 0 Å². The van der Waals surface area contributed by atoms with Crippen LogP contribution in [0.2, 0.25) is 5.02 Å². The first-order chi connectivity index (χ1) is 13.6. The highest BCUT2D eigenvalue weighted by atomic mass is 35.5. The first-order valence-corrected chi connectivity index (χ1v) is 9.34. The van der Waals surface area contributed by atoms with Crippen molar-refractivity contribution in [2.45, 2.75) is 26.6 Å². The van der Waals surface area contributed by atoms with Gasteiger partial charge in [0.15, 0.2) is 5.43 Å². The Balaban J connectivity index is 1.65. The summed E-state index contributed by atoms with van der Waals surface area (Å²) in [5.41, 5.74) is 1.93. The number of aromatic nitrogens is 1. The molecule has 0 radical (unpaired) electrons. The van der Waals surface area contributed by atoms with Crippen molar-refractivity contribution in [1.82, 2.24) is 9.88 Å². The van der Waals surface area contributed by atoms with Gasteiger partial charge in [0.05, 0.1) is 23.9 Å². The van der Waals surface area contributed by atoms with E-state index in [0.29, 0.717) is 41.2 Å². The first-order valence-electron chi connectivity index (χ1n) is 8.96. The molecule has 0 spiro atoms. The van der Waals surface area contributed by atoms with Gasteiger partial charge in [-0.3, -0.25) is 14.7 Å². The maximum Gasteiger partial charge on any atom is 0.197 e.